The molecular weight excluding hydrogens is 228 g/mol. The van der Waals surface area contributed by atoms with E-state index in [2.05, 4.69) is 17.6 Å². The minimum Gasteiger partial charge on any atom is -0.372 e. The molecule has 96 valence electrons. The van der Waals surface area contributed by atoms with Crippen molar-refractivity contribution in [3.8, 4) is 0 Å². The summed E-state index contributed by atoms with van der Waals surface area (Å²) >= 11 is 0. The highest BCUT2D eigenvalue weighted by Crippen LogP contribution is 2.24. The molecule has 0 saturated carbocycles. The molecule has 0 aromatic heterocycles. The number of piperidine rings is 1. The number of hydrogen-bond donors (Lipinski definition) is 2. The van der Waals surface area contributed by atoms with Gasteiger partial charge in [-0.3, -0.25) is 4.79 Å². The number of rotatable bonds is 4. The van der Waals surface area contributed by atoms with E-state index in [1.807, 2.05) is 0 Å². The molecule has 1 saturated heterocycles. The molecule has 16 heavy (non-hydrogen) atoms. The van der Waals surface area contributed by atoms with Crippen LogP contribution in [0.2, 0.25) is 0 Å². The molecule has 0 aromatic rings. The highest BCUT2D eigenvalue weighted by molar-refractivity contribution is 5.85. The van der Waals surface area contributed by atoms with Crippen LogP contribution in [0.5, 0.6) is 0 Å². The lowest BCUT2D eigenvalue weighted by atomic mass is 9.83. The zero-order valence-electron chi connectivity index (χ0n) is 10.3. The molecule has 1 aliphatic heterocycles. The Kier molecular flexibility index (Phi) is 6.95. The van der Waals surface area contributed by atoms with Crippen LogP contribution in [-0.4, -0.2) is 38.8 Å². The van der Waals surface area contributed by atoms with Crippen molar-refractivity contribution in [2.24, 2.45) is 5.41 Å². The van der Waals surface area contributed by atoms with E-state index in [4.69, 9.17) is 4.74 Å². The second kappa shape index (κ2) is 7.09. The van der Waals surface area contributed by atoms with E-state index in [1.165, 1.54) is 12.8 Å². The molecule has 5 heteroatoms. The second-order valence-corrected chi connectivity index (χ2v) is 4.69. The number of halogens is 1. The molecule has 1 amide bonds. The third-order valence-corrected chi connectivity index (χ3v) is 3.10. The van der Waals surface area contributed by atoms with Gasteiger partial charge in [-0.2, -0.15) is 0 Å². The Bertz CT molecular complexity index is 218. The predicted octanol–water partition coefficient (Wildman–Crippen LogP) is 0.949. The second-order valence-electron chi connectivity index (χ2n) is 4.69. The highest BCUT2D eigenvalue weighted by Gasteiger charge is 2.27. The zero-order chi connectivity index (χ0) is 11.3. The van der Waals surface area contributed by atoms with Crippen LogP contribution in [0.25, 0.3) is 0 Å². The summed E-state index contributed by atoms with van der Waals surface area (Å²) in [7, 11) is 1.55. The van der Waals surface area contributed by atoms with E-state index >= 15 is 0 Å². The number of carbonyl (C=O) groups excluding carboxylic acids is 1. The molecule has 0 aromatic carbocycles. The molecule has 4 nitrogen and oxygen atoms in total. The van der Waals surface area contributed by atoms with Crippen molar-refractivity contribution in [3.05, 3.63) is 0 Å². The summed E-state index contributed by atoms with van der Waals surface area (Å²) < 4.78 is 4.96. The lowest BCUT2D eigenvalue weighted by Gasteiger charge is -2.34. The van der Waals surface area contributed by atoms with E-state index in [9.17, 15) is 4.79 Å². The summed E-state index contributed by atoms with van der Waals surface area (Å²) in [4.78, 5) is 11.5. The Hall–Kier alpha value is -0.320. The van der Waals surface area contributed by atoms with E-state index in [-0.39, 0.29) is 29.8 Å². The minimum absolute atomic E-state index is 0. The maximum absolute atomic E-state index is 11.5. The molecule has 0 bridgehead atoms. The standard InChI is InChI=1S/C11H22N2O2.ClH/c1-9(15-3)10(14)13-8-11(2)5-4-6-12-7-11;/h9,12H,4-8H2,1-3H3,(H,13,14);1H. The summed E-state index contributed by atoms with van der Waals surface area (Å²) in [5, 5.41) is 6.30. The topological polar surface area (TPSA) is 50.4 Å². The van der Waals surface area contributed by atoms with Gasteiger partial charge in [0.25, 0.3) is 0 Å². The zero-order valence-corrected chi connectivity index (χ0v) is 11.2. The fourth-order valence-electron chi connectivity index (χ4n) is 1.82. The van der Waals surface area contributed by atoms with Crippen molar-refractivity contribution in [1.82, 2.24) is 10.6 Å². The molecule has 0 aliphatic carbocycles. The molecule has 0 radical (unpaired) electrons. The third kappa shape index (κ3) is 4.68. The van der Waals surface area contributed by atoms with Gasteiger partial charge in [-0.1, -0.05) is 6.92 Å². The minimum atomic E-state index is -0.356. The summed E-state index contributed by atoms with van der Waals surface area (Å²) in [5.41, 5.74) is 0.196. The molecule has 1 aliphatic rings. The summed E-state index contributed by atoms with van der Waals surface area (Å²) in [5.74, 6) is -0.0238. The smallest absolute Gasteiger partial charge is 0.248 e. The van der Waals surface area contributed by atoms with E-state index in [0.717, 1.165) is 19.6 Å². The average Bonchev–Trinajstić information content (AvgIpc) is 2.26. The predicted molar refractivity (Wildman–Crippen MR) is 66.9 cm³/mol. The first-order valence-corrected chi connectivity index (χ1v) is 5.59. The van der Waals surface area contributed by atoms with Gasteiger partial charge >= 0.3 is 0 Å². The molecular formula is C11H23ClN2O2. The number of carbonyl (C=O) groups is 1. The van der Waals surface area contributed by atoms with Gasteiger partial charge in [0, 0.05) is 20.2 Å². The number of hydrogen-bond acceptors (Lipinski definition) is 3. The fourth-order valence-corrected chi connectivity index (χ4v) is 1.82. The van der Waals surface area contributed by atoms with Crippen molar-refractivity contribution in [1.29, 1.82) is 0 Å². The first-order chi connectivity index (χ1) is 7.07. The normalized spacial score (nSPS) is 26.7. The van der Waals surface area contributed by atoms with Gasteiger partial charge in [-0.05, 0) is 31.7 Å². The van der Waals surface area contributed by atoms with Crippen molar-refractivity contribution in [2.45, 2.75) is 32.8 Å². The molecule has 1 heterocycles. The van der Waals surface area contributed by atoms with E-state index < -0.39 is 0 Å². The Labute approximate surface area is 104 Å². The van der Waals surface area contributed by atoms with Gasteiger partial charge in [0.2, 0.25) is 5.91 Å². The Morgan fingerprint density at radius 2 is 2.31 bits per heavy atom. The largest absolute Gasteiger partial charge is 0.372 e. The SMILES string of the molecule is COC(C)C(=O)NCC1(C)CCCNC1.Cl. The molecule has 1 rings (SSSR count). The van der Waals surface area contributed by atoms with Crippen LogP contribution in [0.15, 0.2) is 0 Å². The maximum Gasteiger partial charge on any atom is 0.248 e. The Morgan fingerprint density at radius 3 is 2.81 bits per heavy atom. The monoisotopic (exact) mass is 250 g/mol. The summed E-state index contributed by atoms with van der Waals surface area (Å²) in [6, 6.07) is 0. The van der Waals surface area contributed by atoms with Crippen LogP contribution in [0.4, 0.5) is 0 Å². The molecule has 2 unspecified atom stereocenters. The molecule has 0 spiro atoms. The fraction of sp³-hybridized carbons (Fsp3) is 0.909. The van der Waals surface area contributed by atoms with Crippen molar-refractivity contribution < 1.29 is 9.53 Å². The number of ether oxygens (including phenoxy) is 1. The molecule has 2 N–H and O–H groups in total. The third-order valence-electron chi connectivity index (χ3n) is 3.10. The van der Waals surface area contributed by atoms with E-state index in [1.54, 1.807) is 14.0 Å². The van der Waals surface area contributed by atoms with Crippen molar-refractivity contribution >= 4 is 18.3 Å². The highest BCUT2D eigenvalue weighted by atomic mass is 35.5. The Balaban J connectivity index is 0.00000225. The number of methoxy groups -OCH3 is 1. The number of nitrogens with one attached hydrogen (secondary N) is 2. The molecule has 1 fully saturated rings. The van der Waals surface area contributed by atoms with Crippen LogP contribution < -0.4 is 10.6 Å². The van der Waals surface area contributed by atoms with Crippen molar-refractivity contribution in [2.75, 3.05) is 26.7 Å². The van der Waals surface area contributed by atoms with Gasteiger partial charge in [0.15, 0.2) is 0 Å². The van der Waals surface area contributed by atoms with Gasteiger partial charge < -0.3 is 15.4 Å². The summed E-state index contributed by atoms with van der Waals surface area (Å²) in [6.45, 7) is 6.77. The van der Waals surface area contributed by atoms with Gasteiger partial charge in [-0.25, -0.2) is 0 Å². The Morgan fingerprint density at radius 1 is 1.62 bits per heavy atom. The average molecular weight is 251 g/mol. The lowest BCUT2D eigenvalue weighted by molar-refractivity contribution is -0.130. The van der Waals surface area contributed by atoms with E-state index in [0.29, 0.717) is 0 Å². The van der Waals surface area contributed by atoms with Crippen LogP contribution in [-0.2, 0) is 9.53 Å². The first kappa shape index (κ1) is 15.7. The van der Waals surface area contributed by atoms with Crippen LogP contribution in [0, 0.1) is 5.41 Å². The van der Waals surface area contributed by atoms with Gasteiger partial charge in [-0.15, -0.1) is 12.4 Å². The number of amides is 1. The quantitative estimate of drug-likeness (QED) is 0.781. The summed E-state index contributed by atoms with van der Waals surface area (Å²) in [6.07, 6.45) is 2.00. The lowest BCUT2D eigenvalue weighted by Crippen LogP contribution is -2.47. The van der Waals surface area contributed by atoms with Crippen LogP contribution in [0.1, 0.15) is 26.7 Å². The van der Waals surface area contributed by atoms with Gasteiger partial charge in [0.1, 0.15) is 6.10 Å². The van der Waals surface area contributed by atoms with Crippen LogP contribution >= 0.6 is 12.4 Å². The molecule has 2 atom stereocenters. The van der Waals surface area contributed by atoms with Gasteiger partial charge in [0.05, 0.1) is 0 Å². The maximum atomic E-state index is 11.5. The van der Waals surface area contributed by atoms with Crippen LogP contribution in [0.3, 0.4) is 0 Å². The first-order valence-electron chi connectivity index (χ1n) is 5.59. The van der Waals surface area contributed by atoms with Crippen molar-refractivity contribution in [3.63, 3.8) is 0 Å².